The molecule has 0 aromatic rings. The van der Waals surface area contributed by atoms with E-state index in [1.165, 1.54) is 0 Å². The van der Waals surface area contributed by atoms with Crippen molar-refractivity contribution in [3.63, 3.8) is 0 Å². The van der Waals surface area contributed by atoms with Crippen LogP contribution in [0.4, 0.5) is 0 Å². The Bertz CT molecular complexity index is 945. The highest BCUT2D eigenvalue weighted by molar-refractivity contribution is 5.86. The lowest BCUT2D eigenvalue weighted by Crippen LogP contribution is -2.70. The van der Waals surface area contributed by atoms with Crippen molar-refractivity contribution in [2.24, 2.45) is 22.9 Å². The second-order valence-corrected chi connectivity index (χ2v) is 11.5. The SMILES string of the molecule is Cl.Cl.Cl.Cl.NC1C(OC2C(CO)OC(OC3C(CO)OC(OC4C(CO)OC(O)C(N)C4O)C(N)C3O)C(N)C2O)OC(CO)C(O)C1O. The summed E-state index contributed by atoms with van der Waals surface area (Å²) in [7, 11) is 0. The highest BCUT2D eigenvalue weighted by atomic mass is 35.5. The largest absolute Gasteiger partial charge is 0.394 e. The number of hydrogen-bond acceptors (Lipinski definition) is 21. The fourth-order valence-electron chi connectivity index (χ4n) is 5.72. The van der Waals surface area contributed by atoms with Crippen LogP contribution in [0.15, 0.2) is 0 Å². The van der Waals surface area contributed by atoms with Crippen LogP contribution >= 0.6 is 49.6 Å². The standard InChI is InChI=1S/C24H46N4O17.4ClH/c25-9-15(35)18(6(2-30)39-21(9)38)43-23-11(27)17(37)20(8(4-32)41-23)45-24-12(28)16(36)19(7(3-31)42-24)44-22-10(26)14(34)13(33)5(1-29)40-22;;;;/h5-24,29-38H,1-4,25-28H2;4*1H. The van der Waals surface area contributed by atoms with Crippen LogP contribution in [0.3, 0.4) is 0 Å². The smallest absolute Gasteiger partial charge is 0.176 e. The van der Waals surface area contributed by atoms with Gasteiger partial charge in [0.2, 0.25) is 0 Å². The first-order valence-corrected chi connectivity index (χ1v) is 14.4. The molecule has 4 aliphatic rings. The Morgan fingerprint density at radius 2 is 0.673 bits per heavy atom. The van der Waals surface area contributed by atoms with E-state index in [4.69, 9.17) is 56.1 Å². The summed E-state index contributed by atoms with van der Waals surface area (Å²) in [5.74, 6) is 0. The summed E-state index contributed by atoms with van der Waals surface area (Å²) in [4.78, 5) is 0. The van der Waals surface area contributed by atoms with Gasteiger partial charge in [0.25, 0.3) is 0 Å². The highest BCUT2D eigenvalue weighted by Crippen LogP contribution is 2.33. The number of nitrogens with two attached hydrogens (primary N) is 4. The van der Waals surface area contributed by atoms with E-state index < -0.39 is 149 Å². The van der Waals surface area contributed by atoms with Crippen LogP contribution in [-0.4, -0.2) is 200 Å². The van der Waals surface area contributed by atoms with Crippen LogP contribution < -0.4 is 22.9 Å². The molecule has 0 spiro atoms. The Balaban J connectivity index is 0.00000576. The fourth-order valence-corrected chi connectivity index (χ4v) is 5.72. The molecule has 0 bridgehead atoms. The molecule has 0 aliphatic carbocycles. The number of aliphatic hydroxyl groups excluding tert-OH is 10. The molecule has 4 saturated heterocycles. The Morgan fingerprint density at radius 3 is 1.02 bits per heavy atom. The van der Waals surface area contributed by atoms with Gasteiger partial charge in [-0.05, 0) is 0 Å². The van der Waals surface area contributed by atoms with Crippen molar-refractivity contribution in [3.05, 3.63) is 0 Å². The third-order valence-electron chi connectivity index (χ3n) is 8.52. The molecule has 20 unspecified atom stereocenters. The maximum atomic E-state index is 11.1. The number of hydrogen-bond donors (Lipinski definition) is 14. The second kappa shape index (κ2) is 21.3. The summed E-state index contributed by atoms with van der Waals surface area (Å²) < 4.78 is 39.2. The van der Waals surface area contributed by atoms with Crippen molar-refractivity contribution in [2.75, 3.05) is 26.4 Å². The third kappa shape index (κ3) is 10.3. The van der Waals surface area contributed by atoms with Crippen molar-refractivity contribution in [2.45, 2.75) is 123 Å². The zero-order chi connectivity index (χ0) is 33.3. The van der Waals surface area contributed by atoms with Crippen molar-refractivity contribution in [1.82, 2.24) is 0 Å². The van der Waals surface area contributed by atoms with Gasteiger partial charge in [-0.25, -0.2) is 0 Å². The lowest BCUT2D eigenvalue weighted by atomic mass is 9.94. The molecule has 0 radical (unpaired) electrons. The van der Waals surface area contributed by atoms with Crippen LogP contribution in [0.25, 0.3) is 0 Å². The second-order valence-electron chi connectivity index (χ2n) is 11.5. The average molecular weight is 808 g/mol. The maximum Gasteiger partial charge on any atom is 0.176 e. The molecular formula is C24H50Cl4N4O17. The molecule has 4 rings (SSSR count). The molecule has 0 aromatic carbocycles. The van der Waals surface area contributed by atoms with Gasteiger partial charge in [-0.2, -0.15) is 0 Å². The van der Waals surface area contributed by atoms with Crippen molar-refractivity contribution >= 4 is 49.6 Å². The molecule has 49 heavy (non-hydrogen) atoms. The normalized spacial score (nSPS) is 48.6. The number of ether oxygens (including phenoxy) is 7. The van der Waals surface area contributed by atoms with Crippen molar-refractivity contribution in [1.29, 1.82) is 0 Å². The number of aliphatic hydroxyl groups is 10. The summed E-state index contributed by atoms with van der Waals surface area (Å²) in [5.41, 5.74) is 24.0. The molecular weight excluding hydrogens is 758 g/mol. The van der Waals surface area contributed by atoms with E-state index in [1.807, 2.05) is 0 Å². The lowest BCUT2D eigenvalue weighted by Gasteiger charge is -2.49. The molecule has 25 heteroatoms. The van der Waals surface area contributed by atoms with Gasteiger partial charge in [0.05, 0.1) is 50.6 Å². The molecule has 4 aliphatic heterocycles. The van der Waals surface area contributed by atoms with Gasteiger partial charge in [-0.3, -0.25) is 0 Å². The molecule has 21 nitrogen and oxygen atoms in total. The minimum Gasteiger partial charge on any atom is -0.394 e. The topological polar surface area (TPSA) is 371 Å². The van der Waals surface area contributed by atoms with Gasteiger partial charge in [0.1, 0.15) is 73.2 Å². The zero-order valence-electron chi connectivity index (χ0n) is 25.6. The third-order valence-corrected chi connectivity index (χ3v) is 8.52. The maximum absolute atomic E-state index is 11.1. The Labute approximate surface area is 305 Å². The van der Waals surface area contributed by atoms with E-state index in [-0.39, 0.29) is 49.6 Å². The van der Waals surface area contributed by atoms with Gasteiger partial charge in [0.15, 0.2) is 25.2 Å². The summed E-state index contributed by atoms with van der Waals surface area (Å²) in [6.07, 6.45) is -23.5. The summed E-state index contributed by atoms with van der Waals surface area (Å²) in [5, 5.41) is 102. The fraction of sp³-hybridized carbons (Fsp3) is 1.00. The van der Waals surface area contributed by atoms with Gasteiger partial charge in [0, 0.05) is 0 Å². The van der Waals surface area contributed by atoms with Crippen LogP contribution in [-0.2, 0) is 33.2 Å². The molecule has 18 N–H and O–H groups in total. The van der Waals surface area contributed by atoms with Crippen molar-refractivity contribution in [3.8, 4) is 0 Å². The van der Waals surface area contributed by atoms with E-state index in [2.05, 4.69) is 0 Å². The van der Waals surface area contributed by atoms with E-state index in [0.29, 0.717) is 0 Å². The van der Waals surface area contributed by atoms with Gasteiger partial charge in [-0.1, -0.05) is 0 Å². The van der Waals surface area contributed by atoms with Gasteiger partial charge >= 0.3 is 0 Å². The molecule has 296 valence electrons. The Hall–Kier alpha value is 0.320. The summed E-state index contributed by atoms with van der Waals surface area (Å²) in [6, 6.07) is -5.48. The Morgan fingerprint density at radius 1 is 0.388 bits per heavy atom. The first kappa shape index (κ1) is 49.3. The summed E-state index contributed by atoms with van der Waals surface area (Å²) in [6.45, 7) is -2.91. The first-order chi connectivity index (χ1) is 21.3. The first-order valence-electron chi connectivity index (χ1n) is 14.4. The van der Waals surface area contributed by atoms with Crippen LogP contribution in [0.5, 0.6) is 0 Å². The van der Waals surface area contributed by atoms with Crippen molar-refractivity contribution < 1.29 is 84.2 Å². The average Bonchev–Trinajstić information content (AvgIpc) is 3.03. The van der Waals surface area contributed by atoms with Crippen LogP contribution in [0.2, 0.25) is 0 Å². The van der Waals surface area contributed by atoms with E-state index in [0.717, 1.165) is 0 Å². The quantitative estimate of drug-likeness (QED) is 0.0974. The molecule has 20 atom stereocenters. The molecule has 0 aromatic heterocycles. The zero-order valence-corrected chi connectivity index (χ0v) is 28.9. The number of halogens is 4. The molecule has 4 fully saturated rings. The predicted octanol–water partition coefficient (Wildman–Crippen LogP) is -8.20. The van der Waals surface area contributed by atoms with E-state index >= 15 is 0 Å². The Kier molecular flexibility index (Phi) is 21.4. The van der Waals surface area contributed by atoms with E-state index in [9.17, 15) is 51.1 Å². The molecule has 0 saturated carbocycles. The highest BCUT2D eigenvalue weighted by Gasteiger charge is 2.54. The monoisotopic (exact) mass is 806 g/mol. The van der Waals surface area contributed by atoms with Crippen LogP contribution in [0.1, 0.15) is 0 Å². The predicted molar refractivity (Wildman–Crippen MR) is 171 cm³/mol. The van der Waals surface area contributed by atoms with Gasteiger partial charge < -0.3 is 107 Å². The number of rotatable bonds is 10. The summed E-state index contributed by atoms with van der Waals surface area (Å²) >= 11 is 0. The molecule has 4 heterocycles. The van der Waals surface area contributed by atoms with Gasteiger partial charge in [-0.15, -0.1) is 49.6 Å². The lowest BCUT2D eigenvalue weighted by molar-refractivity contribution is -0.358. The minimum atomic E-state index is -1.65. The van der Waals surface area contributed by atoms with E-state index in [1.54, 1.807) is 0 Å². The van der Waals surface area contributed by atoms with Crippen LogP contribution in [0, 0.1) is 0 Å². The minimum absolute atomic E-state index is 0. The molecule has 0 amide bonds.